The number of aryl methyl sites for hydroxylation is 1. The van der Waals surface area contributed by atoms with Crippen LogP contribution in [-0.2, 0) is 6.54 Å². The third kappa shape index (κ3) is 3.20. The highest BCUT2D eigenvalue weighted by Crippen LogP contribution is 2.41. The van der Waals surface area contributed by atoms with Crippen molar-refractivity contribution in [2.24, 2.45) is 5.92 Å². The van der Waals surface area contributed by atoms with Crippen LogP contribution in [0, 0.1) is 12.8 Å². The predicted octanol–water partition coefficient (Wildman–Crippen LogP) is 3.82. The summed E-state index contributed by atoms with van der Waals surface area (Å²) >= 11 is 1.94. The van der Waals surface area contributed by atoms with Crippen LogP contribution in [0.1, 0.15) is 47.0 Å². The van der Waals surface area contributed by atoms with Gasteiger partial charge < -0.3 is 4.90 Å². The molecule has 0 bridgehead atoms. The molecule has 2 unspecified atom stereocenters. The normalized spacial score (nSPS) is 26.8. The molecule has 3 aliphatic rings. The number of thiophene rings is 1. The molecule has 132 valence electrons. The second-order valence-electron chi connectivity index (χ2n) is 7.92. The van der Waals surface area contributed by atoms with Crippen molar-refractivity contribution in [2.45, 2.75) is 51.1 Å². The second kappa shape index (κ2) is 6.36. The molecule has 0 aromatic carbocycles. The lowest BCUT2D eigenvalue weighted by molar-refractivity contribution is 0.168. The Morgan fingerprint density at radius 2 is 2.00 bits per heavy atom. The summed E-state index contributed by atoms with van der Waals surface area (Å²) in [4.78, 5) is 17.3. The minimum atomic E-state index is 0.622. The van der Waals surface area contributed by atoms with Crippen molar-refractivity contribution in [3.63, 3.8) is 0 Å². The minimum absolute atomic E-state index is 0.622. The molecule has 4 nitrogen and oxygen atoms in total. The van der Waals surface area contributed by atoms with E-state index >= 15 is 0 Å². The quantitative estimate of drug-likeness (QED) is 0.835. The van der Waals surface area contributed by atoms with Gasteiger partial charge in [-0.05, 0) is 57.2 Å². The molecule has 0 spiro atoms. The largest absolute Gasteiger partial charge is 0.352 e. The van der Waals surface area contributed by atoms with Crippen LogP contribution < -0.4 is 4.90 Å². The summed E-state index contributed by atoms with van der Waals surface area (Å²) in [6.45, 7) is 6.87. The highest BCUT2D eigenvalue weighted by atomic mass is 32.1. The molecule has 0 N–H and O–H groups in total. The van der Waals surface area contributed by atoms with Crippen molar-refractivity contribution < 1.29 is 0 Å². The molecule has 5 rings (SSSR count). The molecule has 25 heavy (non-hydrogen) atoms. The van der Waals surface area contributed by atoms with Crippen molar-refractivity contribution in [3.05, 3.63) is 40.0 Å². The van der Waals surface area contributed by atoms with Gasteiger partial charge in [0.25, 0.3) is 0 Å². The molecule has 3 fully saturated rings. The zero-order chi connectivity index (χ0) is 16.8. The van der Waals surface area contributed by atoms with Crippen LogP contribution in [0.4, 0.5) is 5.82 Å². The number of piperidine rings is 1. The van der Waals surface area contributed by atoms with Gasteiger partial charge in [0.2, 0.25) is 0 Å². The Balaban J connectivity index is 1.32. The van der Waals surface area contributed by atoms with Crippen LogP contribution in [0.5, 0.6) is 0 Å². The molecule has 1 aliphatic carbocycles. The van der Waals surface area contributed by atoms with E-state index in [4.69, 9.17) is 0 Å². The van der Waals surface area contributed by atoms with E-state index in [1.54, 1.807) is 6.33 Å². The first-order chi connectivity index (χ1) is 12.3. The first-order valence-electron chi connectivity index (χ1n) is 9.62. The number of aromatic nitrogens is 2. The number of likely N-dealkylation sites (tertiary alicyclic amines) is 1. The number of hydrogen-bond donors (Lipinski definition) is 0. The van der Waals surface area contributed by atoms with Gasteiger partial charge in [-0.25, -0.2) is 9.97 Å². The Morgan fingerprint density at radius 3 is 2.80 bits per heavy atom. The van der Waals surface area contributed by atoms with Crippen molar-refractivity contribution in [2.75, 3.05) is 24.5 Å². The van der Waals surface area contributed by atoms with Crippen LogP contribution in [0.3, 0.4) is 0 Å². The Morgan fingerprint density at radius 1 is 1.12 bits per heavy atom. The topological polar surface area (TPSA) is 32.3 Å². The summed E-state index contributed by atoms with van der Waals surface area (Å²) in [5, 5.41) is 0. The summed E-state index contributed by atoms with van der Waals surface area (Å²) in [7, 11) is 0. The van der Waals surface area contributed by atoms with Gasteiger partial charge in [0.15, 0.2) is 0 Å². The smallest absolute Gasteiger partial charge is 0.132 e. The maximum Gasteiger partial charge on any atom is 0.132 e. The van der Waals surface area contributed by atoms with E-state index in [9.17, 15) is 0 Å². The molecule has 2 atom stereocenters. The maximum atomic E-state index is 4.63. The fourth-order valence-electron chi connectivity index (χ4n) is 4.55. The van der Waals surface area contributed by atoms with E-state index < -0.39 is 0 Å². The van der Waals surface area contributed by atoms with E-state index in [0.717, 1.165) is 19.0 Å². The Bertz CT molecular complexity index is 754. The van der Waals surface area contributed by atoms with Gasteiger partial charge in [0.1, 0.15) is 12.1 Å². The lowest BCUT2D eigenvalue weighted by Crippen LogP contribution is -2.48. The zero-order valence-corrected chi connectivity index (χ0v) is 15.7. The fourth-order valence-corrected chi connectivity index (χ4v) is 5.48. The summed E-state index contributed by atoms with van der Waals surface area (Å²) in [6, 6.07) is 7.43. The van der Waals surface area contributed by atoms with Crippen LogP contribution in [0.15, 0.2) is 24.5 Å². The van der Waals surface area contributed by atoms with Gasteiger partial charge in [-0.15, -0.1) is 11.3 Å². The Labute approximate surface area is 153 Å². The highest BCUT2D eigenvalue weighted by molar-refractivity contribution is 7.11. The first-order valence-corrected chi connectivity index (χ1v) is 10.4. The molecular weight excluding hydrogens is 328 g/mol. The lowest BCUT2D eigenvalue weighted by atomic mass is 9.92. The third-order valence-electron chi connectivity index (χ3n) is 6.09. The monoisotopic (exact) mass is 354 g/mol. The molecular formula is C20H26N4S. The molecule has 4 heterocycles. The molecule has 5 heteroatoms. The van der Waals surface area contributed by atoms with E-state index in [-0.39, 0.29) is 0 Å². The third-order valence-corrected chi connectivity index (χ3v) is 7.07. The van der Waals surface area contributed by atoms with Gasteiger partial charge in [-0.2, -0.15) is 0 Å². The molecule has 1 saturated carbocycles. The summed E-state index contributed by atoms with van der Waals surface area (Å²) < 4.78 is 0. The average molecular weight is 355 g/mol. The van der Waals surface area contributed by atoms with E-state index in [0.29, 0.717) is 12.0 Å². The van der Waals surface area contributed by atoms with Gasteiger partial charge >= 0.3 is 0 Å². The van der Waals surface area contributed by atoms with Crippen molar-refractivity contribution in [1.29, 1.82) is 0 Å². The fraction of sp³-hybridized carbons (Fsp3) is 0.600. The summed E-state index contributed by atoms with van der Waals surface area (Å²) in [5.41, 5.74) is 1.26. The second-order valence-corrected chi connectivity index (χ2v) is 9.29. The van der Waals surface area contributed by atoms with E-state index in [1.165, 1.54) is 60.0 Å². The zero-order valence-electron chi connectivity index (χ0n) is 14.9. The number of fused-ring (bicyclic) bond motifs is 1. The SMILES string of the molecule is Cc1ccc(CN2CCC3CCN(c4cc(C5CC5)ncn4)C3C2)s1. The number of anilines is 1. The highest BCUT2D eigenvalue weighted by Gasteiger charge is 2.39. The van der Waals surface area contributed by atoms with Gasteiger partial charge in [-0.1, -0.05) is 0 Å². The van der Waals surface area contributed by atoms with Crippen molar-refractivity contribution in [3.8, 4) is 0 Å². The standard InChI is InChI=1S/C20H26N4S/c1-14-2-5-17(25-14)11-23-8-6-16-7-9-24(19(16)12-23)20-10-18(15-3-4-15)21-13-22-20/h2,5,10,13,15-16,19H,3-4,6-9,11-12H2,1H3. The van der Waals surface area contributed by atoms with Crippen LogP contribution >= 0.6 is 11.3 Å². The molecule has 0 amide bonds. The first kappa shape index (κ1) is 15.8. The van der Waals surface area contributed by atoms with E-state index in [2.05, 4.69) is 44.9 Å². The molecule has 2 saturated heterocycles. The number of nitrogens with zero attached hydrogens (tertiary/aromatic N) is 4. The molecule has 2 aromatic heterocycles. The Hall–Kier alpha value is -1.46. The lowest BCUT2D eigenvalue weighted by Gasteiger charge is -2.38. The van der Waals surface area contributed by atoms with Gasteiger partial charge in [0.05, 0.1) is 0 Å². The molecule has 2 aliphatic heterocycles. The maximum absolute atomic E-state index is 4.63. The van der Waals surface area contributed by atoms with Crippen molar-refractivity contribution in [1.82, 2.24) is 14.9 Å². The Kier molecular flexibility index (Phi) is 4.01. The minimum Gasteiger partial charge on any atom is -0.352 e. The van der Waals surface area contributed by atoms with Crippen LogP contribution in [-0.4, -0.2) is 40.5 Å². The van der Waals surface area contributed by atoms with E-state index in [1.807, 2.05) is 11.3 Å². The van der Waals surface area contributed by atoms with Crippen LogP contribution in [0.25, 0.3) is 0 Å². The number of hydrogen-bond acceptors (Lipinski definition) is 5. The summed E-state index contributed by atoms with van der Waals surface area (Å²) in [6.07, 6.45) is 7.03. The average Bonchev–Trinajstić information content (AvgIpc) is 3.28. The van der Waals surface area contributed by atoms with Gasteiger partial charge in [-0.3, -0.25) is 4.90 Å². The molecule has 0 radical (unpaired) electrons. The predicted molar refractivity (Wildman–Crippen MR) is 102 cm³/mol. The van der Waals surface area contributed by atoms with Gasteiger partial charge in [0, 0.05) is 53.1 Å². The number of rotatable bonds is 4. The summed E-state index contributed by atoms with van der Waals surface area (Å²) in [5.74, 6) is 2.70. The van der Waals surface area contributed by atoms with Crippen LogP contribution in [0.2, 0.25) is 0 Å². The molecule has 2 aromatic rings. The van der Waals surface area contributed by atoms with Crippen molar-refractivity contribution >= 4 is 17.2 Å².